The van der Waals surface area contributed by atoms with E-state index in [2.05, 4.69) is 50.1 Å². The van der Waals surface area contributed by atoms with Crippen molar-refractivity contribution in [1.82, 2.24) is 30.5 Å². The summed E-state index contributed by atoms with van der Waals surface area (Å²) < 4.78 is 1.82. The second kappa shape index (κ2) is 12.2. The number of aromatic nitrogens is 3. The number of likely N-dealkylation sites (tertiary alicyclic amines) is 1. The van der Waals surface area contributed by atoms with Crippen LogP contribution in [-0.2, 0) is 29.0 Å². The van der Waals surface area contributed by atoms with Gasteiger partial charge in [0, 0.05) is 38.7 Å². The average Bonchev–Trinajstić information content (AvgIpc) is 3.39. The minimum Gasteiger partial charge on any atom is -0.354 e. The van der Waals surface area contributed by atoms with E-state index in [0.29, 0.717) is 38.8 Å². The van der Waals surface area contributed by atoms with Gasteiger partial charge in [-0.2, -0.15) is 0 Å². The highest BCUT2D eigenvalue weighted by molar-refractivity contribution is 5.90. The monoisotopic (exact) mass is 512 g/mol. The predicted octanol–water partition coefficient (Wildman–Crippen LogP) is 2.86. The number of nitrogens with zero attached hydrogens (tertiary/aromatic N) is 4. The van der Waals surface area contributed by atoms with Gasteiger partial charge in [-0.15, -0.1) is 5.10 Å². The number of benzene rings is 2. The van der Waals surface area contributed by atoms with Gasteiger partial charge in [0.15, 0.2) is 0 Å². The Hall–Kier alpha value is -3.78. The topological polar surface area (TPSA) is 92.2 Å². The van der Waals surface area contributed by atoms with Crippen LogP contribution in [0.3, 0.4) is 0 Å². The molecule has 0 unspecified atom stereocenters. The molecular formula is C30H36N6O2. The van der Waals surface area contributed by atoms with Crippen LogP contribution in [0.25, 0.3) is 6.08 Å². The van der Waals surface area contributed by atoms with Gasteiger partial charge in [0.25, 0.3) is 0 Å². The van der Waals surface area contributed by atoms with Gasteiger partial charge >= 0.3 is 0 Å². The van der Waals surface area contributed by atoms with Crippen LogP contribution in [-0.4, -0.2) is 63.9 Å². The average molecular weight is 513 g/mol. The highest BCUT2D eigenvalue weighted by Gasteiger charge is 2.43. The molecule has 1 aromatic heterocycles. The van der Waals surface area contributed by atoms with Crippen LogP contribution in [0.4, 0.5) is 0 Å². The normalized spacial score (nSPS) is 20.8. The molecule has 1 saturated heterocycles. The molecule has 2 amide bonds. The second-order valence-electron chi connectivity index (χ2n) is 10.4. The summed E-state index contributed by atoms with van der Waals surface area (Å²) in [7, 11) is 0. The maximum atomic E-state index is 14.0. The van der Waals surface area contributed by atoms with Crippen LogP contribution in [0.2, 0.25) is 0 Å². The van der Waals surface area contributed by atoms with E-state index in [1.807, 2.05) is 59.4 Å². The lowest BCUT2D eigenvalue weighted by atomic mass is 9.73. The summed E-state index contributed by atoms with van der Waals surface area (Å²) in [5.41, 5.74) is 2.40. The molecule has 2 aliphatic heterocycles. The lowest BCUT2D eigenvalue weighted by Gasteiger charge is -2.40. The molecule has 2 bridgehead atoms. The molecule has 198 valence electrons. The summed E-state index contributed by atoms with van der Waals surface area (Å²) in [6.07, 6.45) is 9.40. The first-order valence-corrected chi connectivity index (χ1v) is 13.6. The van der Waals surface area contributed by atoms with Crippen molar-refractivity contribution in [3.8, 4) is 0 Å². The Labute approximate surface area is 224 Å². The lowest BCUT2D eigenvalue weighted by molar-refractivity contribution is -0.137. The molecule has 2 aliphatic rings. The van der Waals surface area contributed by atoms with Crippen molar-refractivity contribution in [2.45, 2.75) is 44.7 Å². The van der Waals surface area contributed by atoms with Crippen molar-refractivity contribution in [2.24, 2.45) is 5.41 Å². The van der Waals surface area contributed by atoms with Gasteiger partial charge in [-0.1, -0.05) is 78.0 Å². The molecule has 1 atom stereocenters. The van der Waals surface area contributed by atoms with Gasteiger partial charge in [-0.25, -0.2) is 0 Å². The molecule has 1 spiro atoms. The molecule has 3 aromatic rings. The summed E-state index contributed by atoms with van der Waals surface area (Å²) in [5, 5.41) is 14.8. The number of nitrogens with one attached hydrogen (secondary N) is 2. The van der Waals surface area contributed by atoms with Gasteiger partial charge in [-0.05, 0) is 43.5 Å². The summed E-state index contributed by atoms with van der Waals surface area (Å²) in [5.74, 6) is -0.208. The summed E-state index contributed by atoms with van der Waals surface area (Å²) in [6.45, 7) is 3.63. The first kappa shape index (κ1) is 25.9. The zero-order chi connectivity index (χ0) is 26.2. The molecule has 0 aliphatic carbocycles. The van der Waals surface area contributed by atoms with E-state index >= 15 is 0 Å². The minimum atomic E-state index is -0.635. The van der Waals surface area contributed by atoms with Crippen molar-refractivity contribution in [3.63, 3.8) is 0 Å². The fraction of sp³-hybridized carbons (Fsp3) is 0.400. The number of fused-ring (bicyclic) bond motifs is 2. The molecule has 1 fully saturated rings. The van der Waals surface area contributed by atoms with Gasteiger partial charge in [-0.3, -0.25) is 19.2 Å². The van der Waals surface area contributed by atoms with Crippen LogP contribution in [0, 0.1) is 5.41 Å². The first-order valence-electron chi connectivity index (χ1n) is 13.6. The van der Waals surface area contributed by atoms with E-state index in [4.69, 9.17) is 0 Å². The molecule has 0 saturated carbocycles. The molecule has 3 heterocycles. The summed E-state index contributed by atoms with van der Waals surface area (Å²) in [4.78, 5) is 29.5. The van der Waals surface area contributed by atoms with Crippen LogP contribution < -0.4 is 10.6 Å². The van der Waals surface area contributed by atoms with Gasteiger partial charge < -0.3 is 10.6 Å². The Morgan fingerprint density at radius 2 is 1.71 bits per heavy atom. The zero-order valence-corrected chi connectivity index (χ0v) is 21.8. The predicted molar refractivity (Wildman–Crippen MR) is 147 cm³/mol. The number of piperidine rings is 1. The van der Waals surface area contributed by atoms with Crippen molar-refractivity contribution in [2.75, 3.05) is 26.2 Å². The van der Waals surface area contributed by atoms with Gasteiger partial charge in [0.1, 0.15) is 6.04 Å². The minimum absolute atomic E-state index is 0.0677. The molecule has 8 nitrogen and oxygen atoms in total. The molecule has 8 heteroatoms. The van der Waals surface area contributed by atoms with Crippen LogP contribution in [0.5, 0.6) is 0 Å². The lowest BCUT2D eigenvalue weighted by Crippen LogP contribution is -2.56. The summed E-state index contributed by atoms with van der Waals surface area (Å²) in [6, 6.07) is 19.5. The van der Waals surface area contributed by atoms with Crippen LogP contribution in [0.15, 0.2) is 72.9 Å². The van der Waals surface area contributed by atoms with E-state index in [9.17, 15) is 9.59 Å². The molecule has 38 heavy (non-hydrogen) atoms. The number of carbonyl (C=O) groups excluding carboxylic acids is 2. The van der Waals surface area contributed by atoms with Crippen molar-refractivity contribution in [1.29, 1.82) is 0 Å². The van der Waals surface area contributed by atoms with Gasteiger partial charge in [0.05, 0.1) is 11.1 Å². The third-order valence-electron chi connectivity index (χ3n) is 7.64. The van der Waals surface area contributed by atoms with Crippen molar-refractivity contribution in [3.05, 3.63) is 89.8 Å². The summed E-state index contributed by atoms with van der Waals surface area (Å²) >= 11 is 0. The number of hydrogen-bond donors (Lipinski definition) is 2. The smallest absolute Gasteiger partial charge is 0.242 e. The molecule has 2 N–H and O–H groups in total. The van der Waals surface area contributed by atoms with Crippen LogP contribution >= 0.6 is 0 Å². The Morgan fingerprint density at radius 1 is 0.974 bits per heavy atom. The van der Waals surface area contributed by atoms with Gasteiger partial charge in [0.2, 0.25) is 11.8 Å². The highest BCUT2D eigenvalue weighted by atomic mass is 16.2. The third kappa shape index (κ3) is 6.55. The Morgan fingerprint density at radius 3 is 2.47 bits per heavy atom. The number of aryl methyl sites for hydroxylation is 1. The molecule has 5 rings (SSSR count). The Balaban J connectivity index is 1.32. The highest BCUT2D eigenvalue weighted by Crippen LogP contribution is 2.35. The number of hydrogen-bond acceptors (Lipinski definition) is 5. The second-order valence-corrected chi connectivity index (χ2v) is 10.4. The van der Waals surface area contributed by atoms with E-state index < -0.39 is 11.5 Å². The number of rotatable bonds is 5. The SMILES string of the molecule is O=C1NCCCn2cc(nn2)CC2(CCN(CC=Cc3ccccc3)CC2)C(=O)N[C@H]1Cc1ccccc1. The molecule has 0 radical (unpaired) electrons. The number of carbonyl (C=O) groups is 2. The van der Waals surface area contributed by atoms with E-state index in [1.54, 1.807) is 0 Å². The fourth-order valence-electron chi connectivity index (χ4n) is 5.37. The van der Waals surface area contributed by atoms with Crippen molar-refractivity contribution >= 4 is 17.9 Å². The van der Waals surface area contributed by atoms with E-state index in [0.717, 1.165) is 37.3 Å². The maximum absolute atomic E-state index is 14.0. The Kier molecular flexibility index (Phi) is 8.28. The molecule has 2 aromatic carbocycles. The standard InChI is InChI=1S/C30H36N6O2/c37-28-27(21-25-11-5-2-6-12-25)32-29(38)30(22-26-23-36(34-33-26)18-8-16-31-28)14-19-35(20-15-30)17-7-13-24-9-3-1-4-10-24/h1-7,9-13,23,27H,8,14-22H2,(H,31,37)(H,32,38)/t27-/m0/s1. The fourth-order valence-corrected chi connectivity index (χ4v) is 5.37. The maximum Gasteiger partial charge on any atom is 0.242 e. The first-order chi connectivity index (χ1) is 18.6. The zero-order valence-electron chi connectivity index (χ0n) is 21.8. The van der Waals surface area contributed by atoms with E-state index in [-0.39, 0.29) is 11.8 Å². The molecular weight excluding hydrogens is 476 g/mol. The van der Waals surface area contributed by atoms with E-state index in [1.165, 1.54) is 5.56 Å². The quantitative estimate of drug-likeness (QED) is 0.549. The number of amides is 2. The Bertz CT molecular complexity index is 1230. The third-order valence-corrected chi connectivity index (χ3v) is 7.64. The largest absolute Gasteiger partial charge is 0.354 e. The van der Waals surface area contributed by atoms with Crippen LogP contribution in [0.1, 0.15) is 36.1 Å². The van der Waals surface area contributed by atoms with Crippen molar-refractivity contribution < 1.29 is 9.59 Å².